The van der Waals surface area contributed by atoms with Crippen LogP contribution in [0.1, 0.15) is 16.8 Å². The van der Waals surface area contributed by atoms with Crippen LogP contribution in [0.4, 0.5) is 0 Å². The van der Waals surface area contributed by atoms with Gasteiger partial charge in [-0.3, -0.25) is 4.98 Å². The third-order valence-electron chi connectivity index (χ3n) is 3.76. The monoisotopic (exact) mass is 326 g/mol. The van der Waals surface area contributed by atoms with Crippen LogP contribution >= 0.6 is 11.6 Å². The lowest BCUT2D eigenvalue weighted by atomic mass is 10.2. The van der Waals surface area contributed by atoms with E-state index in [1.807, 2.05) is 28.8 Å². The number of ether oxygens (including phenoxy) is 1. The zero-order valence-corrected chi connectivity index (χ0v) is 13.1. The van der Waals surface area contributed by atoms with Crippen molar-refractivity contribution in [1.82, 2.24) is 19.9 Å². The van der Waals surface area contributed by atoms with Gasteiger partial charge in [0.15, 0.2) is 0 Å². The summed E-state index contributed by atoms with van der Waals surface area (Å²) in [5.41, 5.74) is 3.46. The third-order valence-corrected chi connectivity index (χ3v) is 3.99. The Hall–Kier alpha value is -2.37. The Kier molecular flexibility index (Phi) is 3.73. The maximum absolute atomic E-state index is 5.83. The Morgan fingerprint density at radius 2 is 1.96 bits per heavy atom. The number of fused-ring (bicyclic) bond motifs is 1. The van der Waals surface area contributed by atoms with Gasteiger partial charge >= 0.3 is 0 Å². The van der Waals surface area contributed by atoms with E-state index in [2.05, 4.69) is 27.7 Å². The zero-order valence-electron chi connectivity index (χ0n) is 12.4. The predicted octanol–water partition coefficient (Wildman–Crippen LogP) is 3.10. The normalized spacial score (nSPS) is 13.1. The first-order chi connectivity index (χ1) is 11.3. The summed E-state index contributed by atoms with van der Waals surface area (Å²) in [5, 5.41) is 3.94. The van der Waals surface area contributed by atoms with Crippen LogP contribution in [0.3, 0.4) is 0 Å². The maximum atomic E-state index is 5.83. The molecule has 4 rings (SSSR count). The Bertz CT molecular complexity index is 807. The van der Waals surface area contributed by atoms with Gasteiger partial charge in [0.25, 0.3) is 0 Å². The number of halogens is 1. The van der Waals surface area contributed by atoms with Crippen molar-refractivity contribution in [2.24, 2.45) is 0 Å². The van der Waals surface area contributed by atoms with E-state index < -0.39 is 0 Å². The maximum Gasteiger partial charge on any atom is 0.215 e. The number of hydrogen-bond donors (Lipinski definition) is 1. The van der Waals surface area contributed by atoms with Crippen molar-refractivity contribution in [1.29, 1.82) is 0 Å². The van der Waals surface area contributed by atoms with Crippen LogP contribution in [0, 0.1) is 0 Å². The van der Waals surface area contributed by atoms with Gasteiger partial charge in [-0.15, -0.1) is 0 Å². The minimum atomic E-state index is 0.361. The molecule has 0 spiro atoms. The summed E-state index contributed by atoms with van der Waals surface area (Å²) >= 11 is 5.83. The van der Waals surface area contributed by atoms with Gasteiger partial charge in [-0.1, -0.05) is 17.7 Å². The fraction of sp³-hybridized carbons (Fsp3) is 0.176. The van der Waals surface area contributed by atoms with Crippen molar-refractivity contribution in [2.75, 3.05) is 0 Å². The lowest BCUT2D eigenvalue weighted by molar-refractivity contribution is 0.289. The van der Waals surface area contributed by atoms with Crippen molar-refractivity contribution in [2.45, 2.75) is 19.7 Å². The highest BCUT2D eigenvalue weighted by molar-refractivity contribution is 6.30. The molecule has 0 fully saturated rings. The fourth-order valence-corrected chi connectivity index (χ4v) is 2.70. The van der Waals surface area contributed by atoms with E-state index in [9.17, 15) is 0 Å². The first-order valence-corrected chi connectivity index (χ1v) is 7.77. The van der Waals surface area contributed by atoms with Gasteiger partial charge in [0.1, 0.15) is 12.4 Å². The van der Waals surface area contributed by atoms with Gasteiger partial charge in [-0.2, -0.15) is 4.98 Å². The molecule has 0 radical (unpaired) electrons. The molecule has 0 aliphatic carbocycles. The van der Waals surface area contributed by atoms with Gasteiger partial charge in [0.2, 0.25) is 5.88 Å². The summed E-state index contributed by atoms with van der Waals surface area (Å²) in [4.78, 5) is 8.77. The second-order valence-corrected chi connectivity index (χ2v) is 5.85. The van der Waals surface area contributed by atoms with Gasteiger partial charge in [0, 0.05) is 37.7 Å². The van der Waals surface area contributed by atoms with Crippen molar-refractivity contribution >= 4 is 11.6 Å². The SMILES string of the molecule is Clc1ccc(COc2cccc(-n3cc4c(c3)CNC4)n2)nc1. The van der Waals surface area contributed by atoms with Crippen molar-refractivity contribution in [3.05, 3.63) is 70.8 Å². The van der Waals surface area contributed by atoms with Crippen molar-refractivity contribution in [3.8, 4) is 11.7 Å². The zero-order chi connectivity index (χ0) is 15.6. The Balaban J connectivity index is 1.50. The Morgan fingerprint density at radius 3 is 2.70 bits per heavy atom. The largest absolute Gasteiger partial charge is 0.471 e. The van der Waals surface area contributed by atoms with Gasteiger partial charge in [-0.05, 0) is 29.3 Å². The highest BCUT2D eigenvalue weighted by atomic mass is 35.5. The van der Waals surface area contributed by atoms with E-state index in [0.29, 0.717) is 17.5 Å². The topological polar surface area (TPSA) is 52.0 Å². The van der Waals surface area contributed by atoms with E-state index >= 15 is 0 Å². The molecule has 0 saturated heterocycles. The second-order valence-electron chi connectivity index (χ2n) is 5.41. The molecule has 1 N–H and O–H groups in total. The van der Waals surface area contributed by atoms with Gasteiger partial charge in [0.05, 0.1) is 10.7 Å². The first kappa shape index (κ1) is 14.2. The summed E-state index contributed by atoms with van der Waals surface area (Å²) in [6.07, 6.45) is 5.84. The van der Waals surface area contributed by atoms with Crippen LogP contribution in [-0.4, -0.2) is 14.5 Å². The van der Waals surface area contributed by atoms with Crippen LogP contribution in [0.25, 0.3) is 5.82 Å². The van der Waals surface area contributed by atoms with Crippen LogP contribution in [0.15, 0.2) is 48.9 Å². The molecule has 4 heterocycles. The Morgan fingerprint density at radius 1 is 1.13 bits per heavy atom. The summed E-state index contributed by atoms with van der Waals surface area (Å²) in [7, 11) is 0. The predicted molar refractivity (Wildman–Crippen MR) is 87.7 cm³/mol. The average molecular weight is 327 g/mol. The van der Waals surface area contributed by atoms with Crippen LogP contribution in [0.2, 0.25) is 5.02 Å². The number of hydrogen-bond acceptors (Lipinski definition) is 4. The van der Waals surface area contributed by atoms with E-state index in [1.54, 1.807) is 12.3 Å². The minimum absolute atomic E-state index is 0.361. The molecular weight excluding hydrogens is 312 g/mol. The molecular formula is C17H15ClN4O. The molecule has 5 nitrogen and oxygen atoms in total. The molecule has 3 aromatic rings. The molecule has 0 aromatic carbocycles. The van der Waals surface area contributed by atoms with Gasteiger partial charge < -0.3 is 14.6 Å². The molecule has 0 amide bonds. The molecule has 1 aliphatic rings. The number of rotatable bonds is 4. The highest BCUT2D eigenvalue weighted by Gasteiger charge is 2.13. The molecule has 0 unspecified atom stereocenters. The summed E-state index contributed by atoms with van der Waals surface area (Å²) < 4.78 is 7.77. The van der Waals surface area contributed by atoms with Crippen molar-refractivity contribution < 1.29 is 4.74 Å². The van der Waals surface area contributed by atoms with E-state index in [-0.39, 0.29) is 0 Å². The molecule has 0 saturated carbocycles. The standard InChI is InChI=1S/C17H15ClN4O/c18-14-4-5-15(20-8-14)11-23-17-3-1-2-16(21-17)22-9-12-6-19-7-13(12)10-22/h1-5,8-10,19H,6-7,11H2. The highest BCUT2D eigenvalue weighted by Crippen LogP contribution is 2.20. The molecule has 23 heavy (non-hydrogen) atoms. The number of pyridine rings is 2. The summed E-state index contributed by atoms with van der Waals surface area (Å²) in [6, 6.07) is 9.40. The third kappa shape index (κ3) is 3.06. The van der Waals surface area contributed by atoms with Crippen LogP contribution in [0.5, 0.6) is 5.88 Å². The average Bonchev–Trinajstić information content (AvgIpc) is 3.16. The van der Waals surface area contributed by atoms with Crippen LogP contribution in [-0.2, 0) is 19.7 Å². The van der Waals surface area contributed by atoms with Crippen LogP contribution < -0.4 is 10.1 Å². The molecule has 6 heteroatoms. The molecule has 0 bridgehead atoms. The molecule has 3 aromatic heterocycles. The van der Waals surface area contributed by atoms with Gasteiger partial charge in [-0.25, -0.2) is 0 Å². The number of nitrogens with zero attached hydrogens (tertiary/aromatic N) is 3. The number of nitrogens with one attached hydrogen (secondary N) is 1. The smallest absolute Gasteiger partial charge is 0.215 e. The van der Waals surface area contributed by atoms with E-state index in [4.69, 9.17) is 16.3 Å². The number of aromatic nitrogens is 3. The summed E-state index contributed by atoms with van der Waals surface area (Å²) in [5.74, 6) is 1.42. The fourth-order valence-electron chi connectivity index (χ4n) is 2.59. The van der Waals surface area contributed by atoms with Crippen molar-refractivity contribution in [3.63, 3.8) is 0 Å². The Labute approximate surface area is 138 Å². The molecule has 116 valence electrons. The first-order valence-electron chi connectivity index (χ1n) is 7.39. The van der Waals surface area contributed by atoms with E-state index in [0.717, 1.165) is 24.6 Å². The summed E-state index contributed by atoms with van der Waals surface area (Å²) in [6.45, 7) is 2.20. The van der Waals surface area contributed by atoms with E-state index in [1.165, 1.54) is 11.1 Å². The quantitative estimate of drug-likeness (QED) is 0.800. The second kappa shape index (κ2) is 6.02. The molecule has 1 aliphatic heterocycles. The lowest BCUT2D eigenvalue weighted by Gasteiger charge is -2.08. The molecule has 0 atom stereocenters. The lowest BCUT2D eigenvalue weighted by Crippen LogP contribution is -2.04. The minimum Gasteiger partial charge on any atom is -0.471 e.